The predicted molar refractivity (Wildman–Crippen MR) is 82.5 cm³/mol. The molecule has 2 rings (SSSR count). The van der Waals surface area contributed by atoms with E-state index in [1.165, 1.54) is 0 Å². The molecule has 2 aromatic rings. The first-order chi connectivity index (χ1) is 11.5. The van der Waals surface area contributed by atoms with Gasteiger partial charge < -0.3 is 14.8 Å². The quantitative estimate of drug-likeness (QED) is 0.790. The molecule has 0 unspecified atom stereocenters. The SMILES string of the molecule is O=C(COC(=O)CCOc1ccccc1)Nc1ccc(F)cc1F. The van der Waals surface area contributed by atoms with Crippen LogP contribution in [0.4, 0.5) is 14.5 Å². The Hall–Kier alpha value is -2.96. The summed E-state index contributed by atoms with van der Waals surface area (Å²) in [5, 5.41) is 2.19. The molecule has 126 valence electrons. The van der Waals surface area contributed by atoms with Crippen LogP contribution >= 0.6 is 0 Å². The van der Waals surface area contributed by atoms with E-state index < -0.39 is 30.1 Å². The van der Waals surface area contributed by atoms with Gasteiger partial charge in [-0.2, -0.15) is 0 Å². The van der Waals surface area contributed by atoms with Crippen LogP contribution in [0.1, 0.15) is 6.42 Å². The van der Waals surface area contributed by atoms with E-state index in [4.69, 9.17) is 9.47 Å². The molecule has 0 aliphatic rings. The summed E-state index contributed by atoms with van der Waals surface area (Å²) < 4.78 is 36.2. The lowest BCUT2D eigenvalue weighted by molar-refractivity contribution is -0.147. The third-order valence-corrected chi connectivity index (χ3v) is 2.89. The molecular formula is C17H15F2NO4. The fourth-order valence-electron chi connectivity index (χ4n) is 1.76. The highest BCUT2D eigenvalue weighted by Crippen LogP contribution is 2.14. The van der Waals surface area contributed by atoms with E-state index in [1.54, 1.807) is 24.3 Å². The molecule has 0 bridgehead atoms. The van der Waals surface area contributed by atoms with Crippen molar-refractivity contribution in [2.75, 3.05) is 18.5 Å². The van der Waals surface area contributed by atoms with Crippen LogP contribution in [0, 0.1) is 11.6 Å². The number of carbonyl (C=O) groups excluding carboxylic acids is 2. The molecule has 0 saturated heterocycles. The average molecular weight is 335 g/mol. The largest absolute Gasteiger partial charge is 0.493 e. The number of nitrogens with one attached hydrogen (secondary N) is 1. The minimum atomic E-state index is -0.911. The zero-order valence-corrected chi connectivity index (χ0v) is 12.6. The topological polar surface area (TPSA) is 64.6 Å². The Balaban J connectivity index is 1.68. The van der Waals surface area contributed by atoms with Crippen molar-refractivity contribution in [1.29, 1.82) is 0 Å². The second-order valence-corrected chi connectivity index (χ2v) is 4.74. The number of hydrogen-bond donors (Lipinski definition) is 1. The molecule has 0 aliphatic heterocycles. The molecule has 0 aliphatic carbocycles. The van der Waals surface area contributed by atoms with Crippen molar-refractivity contribution in [2.45, 2.75) is 6.42 Å². The third kappa shape index (κ3) is 5.68. The summed E-state index contributed by atoms with van der Waals surface area (Å²) in [6, 6.07) is 11.7. The number of halogens is 2. The van der Waals surface area contributed by atoms with Crippen molar-refractivity contribution in [1.82, 2.24) is 0 Å². The minimum absolute atomic E-state index is 0.0346. The van der Waals surface area contributed by atoms with Crippen LogP contribution in [-0.4, -0.2) is 25.1 Å². The fraction of sp³-hybridized carbons (Fsp3) is 0.176. The van der Waals surface area contributed by atoms with E-state index in [0.717, 1.165) is 12.1 Å². The van der Waals surface area contributed by atoms with Gasteiger partial charge in [0.25, 0.3) is 5.91 Å². The van der Waals surface area contributed by atoms with Crippen LogP contribution in [0.15, 0.2) is 48.5 Å². The maximum absolute atomic E-state index is 13.4. The molecule has 1 amide bonds. The van der Waals surface area contributed by atoms with Gasteiger partial charge in [-0.15, -0.1) is 0 Å². The number of benzene rings is 2. The highest BCUT2D eigenvalue weighted by molar-refractivity contribution is 5.92. The van der Waals surface area contributed by atoms with Gasteiger partial charge in [0.15, 0.2) is 6.61 Å². The van der Waals surface area contributed by atoms with Crippen molar-refractivity contribution < 1.29 is 27.8 Å². The minimum Gasteiger partial charge on any atom is -0.493 e. The van der Waals surface area contributed by atoms with Gasteiger partial charge in [0.2, 0.25) is 0 Å². The highest BCUT2D eigenvalue weighted by Gasteiger charge is 2.11. The Morgan fingerprint density at radius 1 is 1.04 bits per heavy atom. The van der Waals surface area contributed by atoms with Gasteiger partial charge in [-0.1, -0.05) is 18.2 Å². The van der Waals surface area contributed by atoms with Crippen molar-refractivity contribution in [3.05, 3.63) is 60.2 Å². The monoisotopic (exact) mass is 335 g/mol. The number of carbonyl (C=O) groups is 2. The molecule has 0 spiro atoms. The number of esters is 1. The van der Waals surface area contributed by atoms with Crippen molar-refractivity contribution >= 4 is 17.6 Å². The Kier molecular flexibility index (Phi) is 6.24. The van der Waals surface area contributed by atoms with Crippen molar-refractivity contribution in [3.8, 4) is 5.75 Å². The molecule has 7 heteroatoms. The summed E-state index contributed by atoms with van der Waals surface area (Å²) in [5.74, 6) is -2.39. The molecular weight excluding hydrogens is 320 g/mol. The zero-order chi connectivity index (χ0) is 17.4. The first kappa shape index (κ1) is 17.4. The molecule has 0 atom stereocenters. The van der Waals surface area contributed by atoms with E-state index in [0.29, 0.717) is 11.8 Å². The van der Waals surface area contributed by atoms with Gasteiger partial charge in [0.05, 0.1) is 18.7 Å². The molecule has 0 fully saturated rings. The zero-order valence-electron chi connectivity index (χ0n) is 12.6. The van der Waals surface area contributed by atoms with Gasteiger partial charge in [-0.3, -0.25) is 9.59 Å². The summed E-state index contributed by atoms with van der Waals surface area (Å²) in [7, 11) is 0. The molecule has 0 saturated carbocycles. The smallest absolute Gasteiger partial charge is 0.309 e. The maximum Gasteiger partial charge on any atom is 0.309 e. The number of amides is 1. The molecule has 24 heavy (non-hydrogen) atoms. The molecule has 2 aromatic carbocycles. The second kappa shape index (κ2) is 8.61. The molecule has 1 N–H and O–H groups in total. The van der Waals surface area contributed by atoms with Crippen LogP contribution in [-0.2, 0) is 14.3 Å². The summed E-state index contributed by atoms with van der Waals surface area (Å²) in [6.07, 6.45) is -0.0346. The fourth-order valence-corrected chi connectivity index (χ4v) is 1.76. The summed E-state index contributed by atoms with van der Waals surface area (Å²) in [4.78, 5) is 23.1. The Morgan fingerprint density at radius 2 is 1.79 bits per heavy atom. The van der Waals surface area contributed by atoms with Crippen LogP contribution in [0.5, 0.6) is 5.75 Å². The van der Waals surface area contributed by atoms with Crippen molar-refractivity contribution in [3.63, 3.8) is 0 Å². The van der Waals surface area contributed by atoms with Gasteiger partial charge >= 0.3 is 5.97 Å². The highest BCUT2D eigenvalue weighted by atomic mass is 19.1. The Morgan fingerprint density at radius 3 is 2.50 bits per heavy atom. The normalized spacial score (nSPS) is 10.1. The van der Waals surface area contributed by atoms with Gasteiger partial charge in [0, 0.05) is 6.07 Å². The number of rotatable bonds is 7. The number of hydrogen-bond acceptors (Lipinski definition) is 4. The van der Waals surface area contributed by atoms with Crippen molar-refractivity contribution in [2.24, 2.45) is 0 Å². The van der Waals surface area contributed by atoms with Crippen LogP contribution in [0.3, 0.4) is 0 Å². The van der Waals surface area contributed by atoms with Gasteiger partial charge in [0.1, 0.15) is 17.4 Å². The first-order valence-electron chi connectivity index (χ1n) is 7.13. The number of para-hydroxylation sites is 1. The molecule has 0 radical (unpaired) electrons. The molecule has 5 nitrogen and oxygen atoms in total. The lowest BCUT2D eigenvalue weighted by atomic mass is 10.3. The van der Waals surface area contributed by atoms with E-state index in [2.05, 4.69) is 5.32 Å². The Labute approximate surface area is 137 Å². The predicted octanol–water partition coefficient (Wildman–Crippen LogP) is 2.92. The van der Waals surface area contributed by atoms with Crippen LogP contribution in [0.25, 0.3) is 0 Å². The Bertz CT molecular complexity index is 707. The third-order valence-electron chi connectivity index (χ3n) is 2.89. The summed E-state index contributed by atoms with van der Waals surface area (Å²) in [6.45, 7) is -0.460. The van der Waals surface area contributed by atoms with Gasteiger partial charge in [-0.25, -0.2) is 8.78 Å². The molecule has 0 heterocycles. The van der Waals surface area contributed by atoms with E-state index in [1.807, 2.05) is 6.07 Å². The number of ether oxygens (including phenoxy) is 2. The lowest BCUT2D eigenvalue weighted by Gasteiger charge is -2.08. The molecule has 0 aromatic heterocycles. The van der Waals surface area contributed by atoms with Crippen LogP contribution < -0.4 is 10.1 Å². The standard InChI is InChI=1S/C17H15F2NO4/c18-12-6-7-15(14(19)10-12)20-16(21)11-24-17(22)8-9-23-13-4-2-1-3-5-13/h1-7,10H,8-9,11H2,(H,20,21). The van der Waals surface area contributed by atoms with E-state index in [-0.39, 0.29) is 18.7 Å². The summed E-state index contributed by atoms with van der Waals surface area (Å²) in [5.41, 5.74) is -0.190. The van der Waals surface area contributed by atoms with Gasteiger partial charge in [-0.05, 0) is 24.3 Å². The first-order valence-corrected chi connectivity index (χ1v) is 7.13. The van der Waals surface area contributed by atoms with E-state index in [9.17, 15) is 18.4 Å². The summed E-state index contributed by atoms with van der Waals surface area (Å²) >= 11 is 0. The average Bonchev–Trinajstić information content (AvgIpc) is 2.56. The lowest BCUT2D eigenvalue weighted by Crippen LogP contribution is -2.22. The second-order valence-electron chi connectivity index (χ2n) is 4.74. The van der Waals surface area contributed by atoms with Crippen LogP contribution in [0.2, 0.25) is 0 Å². The maximum atomic E-state index is 13.4. The van der Waals surface area contributed by atoms with E-state index >= 15 is 0 Å². The number of anilines is 1.